The maximum absolute atomic E-state index is 12.7. The zero-order valence-electron chi connectivity index (χ0n) is 14.1. The summed E-state index contributed by atoms with van der Waals surface area (Å²) in [4.78, 5) is 24.9. The van der Waals surface area contributed by atoms with E-state index in [1.807, 2.05) is 24.3 Å². The van der Waals surface area contributed by atoms with E-state index in [1.54, 1.807) is 14.2 Å². The van der Waals surface area contributed by atoms with Gasteiger partial charge >= 0.3 is 5.69 Å². The van der Waals surface area contributed by atoms with Crippen molar-refractivity contribution in [3.63, 3.8) is 0 Å². The van der Waals surface area contributed by atoms with Crippen LogP contribution in [-0.4, -0.2) is 29.4 Å². The number of nitrogens with zero attached hydrogens (tertiary/aromatic N) is 2. The van der Waals surface area contributed by atoms with Crippen LogP contribution in [0.3, 0.4) is 0 Å². The van der Waals surface area contributed by atoms with Crippen molar-refractivity contribution in [2.75, 3.05) is 25.6 Å². The van der Waals surface area contributed by atoms with Crippen molar-refractivity contribution in [2.24, 2.45) is 14.1 Å². The van der Waals surface area contributed by atoms with Crippen LogP contribution >= 0.6 is 15.9 Å². The lowest BCUT2D eigenvalue weighted by atomic mass is 10.1. The molecule has 0 radical (unpaired) electrons. The molecule has 0 atom stereocenters. The minimum Gasteiger partial charge on any atom is -0.423 e. The van der Waals surface area contributed by atoms with Crippen LogP contribution in [0.1, 0.15) is 0 Å². The van der Waals surface area contributed by atoms with E-state index in [-0.39, 0.29) is 5.71 Å². The van der Waals surface area contributed by atoms with Gasteiger partial charge in [-0.05, 0) is 17.7 Å². The Balaban J connectivity index is 2.36. The molecule has 3 aromatic rings. The predicted octanol–water partition coefficient (Wildman–Crippen LogP) is 2.32. The predicted molar refractivity (Wildman–Crippen MR) is 100 cm³/mol. The van der Waals surface area contributed by atoms with E-state index in [2.05, 4.69) is 21.2 Å². The van der Waals surface area contributed by atoms with Crippen molar-refractivity contribution in [1.82, 2.24) is 9.13 Å². The molecule has 0 fully saturated rings. The fourth-order valence-corrected chi connectivity index (χ4v) is 3.13. The topological polar surface area (TPSA) is 78.4 Å². The summed E-state index contributed by atoms with van der Waals surface area (Å²) in [5.74, 6) is 0.434. The number of rotatable bonds is 5. The standard InChI is InChI=1S/C17H18BrN3O4/c1-20-15(22)13-12(10-5-4-6-11(18)9-10)14(19-7-8-24-3)25-16(13)21(2)17(20)23/h4-6,9,19H,7-8H2,1-3H3. The highest BCUT2D eigenvalue weighted by atomic mass is 79.9. The van der Waals surface area contributed by atoms with Crippen LogP contribution in [0.15, 0.2) is 42.7 Å². The van der Waals surface area contributed by atoms with Gasteiger partial charge in [0.15, 0.2) is 0 Å². The smallest absolute Gasteiger partial charge is 0.333 e. The lowest BCUT2D eigenvalue weighted by Gasteiger charge is -2.06. The monoisotopic (exact) mass is 407 g/mol. The number of fused-ring (bicyclic) bond motifs is 1. The summed E-state index contributed by atoms with van der Waals surface area (Å²) < 4.78 is 14.2. The maximum Gasteiger partial charge on any atom is 0.333 e. The average Bonchev–Trinajstić information content (AvgIpc) is 2.98. The van der Waals surface area contributed by atoms with E-state index in [0.717, 1.165) is 14.6 Å². The lowest BCUT2D eigenvalue weighted by Crippen LogP contribution is -2.36. The summed E-state index contributed by atoms with van der Waals surface area (Å²) >= 11 is 3.45. The number of hydrogen-bond donors (Lipinski definition) is 1. The molecule has 2 heterocycles. The Morgan fingerprint density at radius 2 is 2.00 bits per heavy atom. The van der Waals surface area contributed by atoms with Gasteiger partial charge in [-0.15, -0.1) is 0 Å². The Labute approximate surface area is 152 Å². The average molecular weight is 408 g/mol. The summed E-state index contributed by atoms with van der Waals surface area (Å²) in [6, 6.07) is 7.57. The first-order chi connectivity index (χ1) is 12.0. The molecular formula is C17H18BrN3O4. The first-order valence-electron chi connectivity index (χ1n) is 7.67. The molecular weight excluding hydrogens is 390 g/mol. The molecule has 7 nitrogen and oxygen atoms in total. The summed E-state index contributed by atoms with van der Waals surface area (Å²) in [6.45, 7) is 0.984. The van der Waals surface area contributed by atoms with E-state index in [9.17, 15) is 9.59 Å². The Hall–Kier alpha value is -2.32. The first-order valence-corrected chi connectivity index (χ1v) is 8.46. The molecule has 0 unspecified atom stereocenters. The number of halogens is 1. The minimum atomic E-state index is -0.435. The molecule has 8 heteroatoms. The molecule has 0 amide bonds. The van der Waals surface area contributed by atoms with E-state index >= 15 is 0 Å². The van der Waals surface area contributed by atoms with Crippen molar-refractivity contribution in [2.45, 2.75) is 0 Å². The van der Waals surface area contributed by atoms with Crippen LogP contribution in [0, 0.1) is 0 Å². The highest BCUT2D eigenvalue weighted by molar-refractivity contribution is 9.10. The number of benzene rings is 1. The van der Waals surface area contributed by atoms with Crippen molar-refractivity contribution in [3.05, 3.63) is 49.6 Å². The zero-order chi connectivity index (χ0) is 18.1. The molecule has 0 spiro atoms. The van der Waals surface area contributed by atoms with Gasteiger partial charge in [-0.3, -0.25) is 13.9 Å². The van der Waals surface area contributed by atoms with Gasteiger partial charge in [-0.25, -0.2) is 4.79 Å². The summed E-state index contributed by atoms with van der Waals surface area (Å²) in [7, 11) is 4.64. The number of aromatic nitrogens is 2. The van der Waals surface area contributed by atoms with Gasteiger partial charge in [-0.2, -0.15) is 0 Å². The molecule has 25 heavy (non-hydrogen) atoms. The van der Waals surface area contributed by atoms with Crippen molar-refractivity contribution in [1.29, 1.82) is 0 Å². The molecule has 0 aliphatic carbocycles. The normalized spacial score (nSPS) is 11.2. The van der Waals surface area contributed by atoms with E-state index in [0.29, 0.717) is 30.0 Å². The van der Waals surface area contributed by atoms with Crippen LogP contribution in [0.4, 0.5) is 5.88 Å². The Kier molecular flexibility index (Phi) is 4.82. The number of anilines is 1. The van der Waals surface area contributed by atoms with Crippen LogP contribution < -0.4 is 16.6 Å². The van der Waals surface area contributed by atoms with Crippen LogP contribution in [0.25, 0.3) is 22.2 Å². The molecule has 0 saturated heterocycles. The van der Waals surface area contributed by atoms with Gasteiger partial charge < -0.3 is 14.5 Å². The van der Waals surface area contributed by atoms with Gasteiger partial charge in [0.1, 0.15) is 5.39 Å². The zero-order valence-corrected chi connectivity index (χ0v) is 15.7. The summed E-state index contributed by atoms with van der Waals surface area (Å²) in [5.41, 5.74) is 0.850. The van der Waals surface area contributed by atoms with Gasteiger partial charge in [0.2, 0.25) is 11.6 Å². The van der Waals surface area contributed by atoms with E-state index in [4.69, 9.17) is 9.15 Å². The molecule has 0 saturated carbocycles. The molecule has 2 aromatic heterocycles. The Morgan fingerprint density at radius 1 is 1.24 bits per heavy atom. The minimum absolute atomic E-state index is 0.239. The molecule has 1 N–H and O–H groups in total. The summed E-state index contributed by atoms with van der Waals surface area (Å²) in [6.07, 6.45) is 0. The second-order valence-corrected chi connectivity index (χ2v) is 6.54. The third kappa shape index (κ3) is 3.03. The lowest BCUT2D eigenvalue weighted by molar-refractivity contribution is 0.210. The number of methoxy groups -OCH3 is 1. The largest absolute Gasteiger partial charge is 0.423 e. The number of ether oxygens (including phenoxy) is 1. The molecule has 0 aliphatic rings. The Morgan fingerprint density at radius 3 is 2.68 bits per heavy atom. The van der Waals surface area contributed by atoms with Crippen LogP contribution in [0.2, 0.25) is 0 Å². The van der Waals surface area contributed by atoms with Crippen molar-refractivity contribution >= 4 is 32.9 Å². The van der Waals surface area contributed by atoms with Gasteiger partial charge in [0.05, 0.1) is 12.2 Å². The number of furan rings is 1. The molecule has 132 valence electrons. The molecule has 3 rings (SSSR count). The van der Waals surface area contributed by atoms with E-state index in [1.165, 1.54) is 11.6 Å². The first kappa shape index (κ1) is 17.5. The highest BCUT2D eigenvalue weighted by Crippen LogP contribution is 2.37. The summed E-state index contributed by atoms with van der Waals surface area (Å²) in [5, 5.41) is 3.51. The van der Waals surface area contributed by atoms with Crippen molar-refractivity contribution in [3.8, 4) is 11.1 Å². The molecule has 0 aliphatic heterocycles. The Bertz CT molecular complexity index is 1050. The highest BCUT2D eigenvalue weighted by Gasteiger charge is 2.23. The third-order valence-electron chi connectivity index (χ3n) is 3.99. The van der Waals surface area contributed by atoms with Gasteiger partial charge in [0.25, 0.3) is 5.56 Å². The molecule has 0 bridgehead atoms. The fraction of sp³-hybridized carbons (Fsp3) is 0.294. The second-order valence-electron chi connectivity index (χ2n) is 5.62. The van der Waals surface area contributed by atoms with E-state index < -0.39 is 11.2 Å². The van der Waals surface area contributed by atoms with Gasteiger partial charge in [-0.1, -0.05) is 28.1 Å². The SMILES string of the molecule is COCCNc1oc2c(c1-c1cccc(Br)c1)c(=O)n(C)c(=O)n2C. The number of nitrogens with one attached hydrogen (secondary N) is 1. The van der Waals surface area contributed by atoms with Crippen molar-refractivity contribution < 1.29 is 9.15 Å². The second kappa shape index (κ2) is 6.89. The maximum atomic E-state index is 12.7. The quantitative estimate of drug-likeness (QED) is 0.656. The van der Waals surface area contributed by atoms with Gasteiger partial charge in [0, 0.05) is 32.2 Å². The number of aryl methyl sites for hydroxylation is 1. The third-order valence-corrected chi connectivity index (χ3v) is 4.48. The fourth-order valence-electron chi connectivity index (χ4n) is 2.73. The van der Waals surface area contributed by atoms with Crippen LogP contribution in [-0.2, 0) is 18.8 Å². The molecule has 1 aromatic carbocycles. The number of hydrogen-bond acceptors (Lipinski definition) is 5. The van der Waals surface area contributed by atoms with Crippen LogP contribution in [0.5, 0.6) is 0 Å².